The molecule has 2 aromatic rings. The number of benzene rings is 2. The van der Waals surface area contributed by atoms with Gasteiger partial charge in [-0.05, 0) is 35.9 Å². The van der Waals surface area contributed by atoms with E-state index in [2.05, 4.69) is 5.32 Å². The molecule has 0 saturated heterocycles. The molecule has 0 amide bonds. The predicted molar refractivity (Wildman–Crippen MR) is 71.5 cm³/mol. The van der Waals surface area contributed by atoms with E-state index >= 15 is 0 Å². The molecule has 0 bridgehead atoms. The second-order valence-electron chi connectivity index (χ2n) is 4.09. The number of carboxylic acid groups (broad SMARTS) is 1. The Morgan fingerprint density at radius 2 is 1.89 bits per heavy atom. The van der Waals surface area contributed by atoms with E-state index in [1.807, 2.05) is 0 Å². The van der Waals surface area contributed by atoms with Gasteiger partial charge in [-0.15, -0.1) is 0 Å². The zero-order valence-corrected chi connectivity index (χ0v) is 10.1. The highest BCUT2D eigenvalue weighted by atomic mass is 19.1. The predicted octanol–water partition coefficient (Wildman–Crippen LogP) is 2.72. The van der Waals surface area contributed by atoms with E-state index in [-0.39, 0.29) is 11.4 Å². The molecule has 4 N–H and O–H groups in total. The third-order valence-electron chi connectivity index (χ3n) is 2.69. The van der Waals surface area contributed by atoms with E-state index in [4.69, 9.17) is 10.8 Å². The number of aromatic carboxylic acids is 1. The van der Waals surface area contributed by atoms with Gasteiger partial charge in [-0.2, -0.15) is 0 Å². The Morgan fingerprint density at radius 3 is 2.47 bits per heavy atom. The Bertz CT molecular complexity index is 597. The first-order chi connectivity index (χ1) is 9.06. The standard InChI is InChI=1S/C14H13FN2O2/c15-11-4-1-9(2-5-11)8-17-13-6-3-10(14(18)19)7-12(13)16/h1-7,17H,8,16H2,(H,18,19). The summed E-state index contributed by atoms with van der Waals surface area (Å²) in [6.45, 7) is 0.483. The van der Waals surface area contributed by atoms with Crippen molar-refractivity contribution in [1.29, 1.82) is 0 Å². The van der Waals surface area contributed by atoms with Crippen molar-refractivity contribution < 1.29 is 14.3 Å². The van der Waals surface area contributed by atoms with Gasteiger partial charge in [0.2, 0.25) is 0 Å². The van der Waals surface area contributed by atoms with E-state index in [1.54, 1.807) is 18.2 Å². The van der Waals surface area contributed by atoms with Crippen LogP contribution in [0.15, 0.2) is 42.5 Å². The fraction of sp³-hybridized carbons (Fsp3) is 0.0714. The minimum absolute atomic E-state index is 0.143. The highest BCUT2D eigenvalue weighted by Crippen LogP contribution is 2.20. The number of carbonyl (C=O) groups is 1. The van der Waals surface area contributed by atoms with E-state index in [9.17, 15) is 9.18 Å². The zero-order valence-electron chi connectivity index (χ0n) is 10.1. The molecule has 0 aliphatic rings. The molecule has 0 aromatic heterocycles. The Hall–Kier alpha value is -2.56. The maximum Gasteiger partial charge on any atom is 0.335 e. The molecule has 4 nitrogen and oxygen atoms in total. The van der Waals surface area contributed by atoms with Crippen molar-refractivity contribution in [3.63, 3.8) is 0 Å². The quantitative estimate of drug-likeness (QED) is 0.739. The maximum absolute atomic E-state index is 12.7. The number of halogens is 1. The Morgan fingerprint density at radius 1 is 1.21 bits per heavy atom. The summed E-state index contributed by atoms with van der Waals surface area (Å²) in [5, 5.41) is 11.9. The largest absolute Gasteiger partial charge is 0.478 e. The lowest BCUT2D eigenvalue weighted by Crippen LogP contribution is -2.04. The third kappa shape index (κ3) is 3.22. The molecule has 2 aromatic carbocycles. The van der Waals surface area contributed by atoms with Crippen LogP contribution >= 0.6 is 0 Å². The van der Waals surface area contributed by atoms with Gasteiger partial charge in [-0.25, -0.2) is 9.18 Å². The minimum atomic E-state index is -1.02. The van der Waals surface area contributed by atoms with Gasteiger partial charge < -0.3 is 16.2 Å². The average Bonchev–Trinajstić information content (AvgIpc) is 2.39. The SMILES string of the molecule is Nc1cc(C(=O)O)ccc1NCc1ccc(F)cc1. The highest BCUT2D eigenvalue weighted by Gasteiger charge is 2.06. The van der Waals surface area contributed by atoms with Crippen LogP contribution in [0, 0.1) is 5.82 Å². The third-order valence-corrected chi connectivity index (χ3v) is 2.69. The van der Waals surface area contributed by atoms with Crippen LogP contribution in [0.4, 0.5) is 15.8 Å². The molecule has 0 aliphatic carbocycles. The topological polar surface area (TPSA) is 75.4 Å². The van der Waals surface area contributed by atoms with E-state index in [0.29, 0.717) is 17.9 Å². The van der Waals surface area contributed by atoms with Crippen LogP contribution in [0.1, 0.15) is 15.9 Å². The van der Waals surface area contributed by atoms with Gasteiger partial charge in [-0.1, -0.05) is 12.1 Å². The molecule has 2 rings (SSSR count). The fourth-order valence-electron chi connectivity index (χ4n) is 1.66. The van der Waals surface area contributed by atoms with Crippen LogP contribution < -0.4 is 11.1 Å². The lowest BCUT2D eigenvalue weighted by molar-refractivity contribution is 0.0697. The van der Waals surface area contributed by atoms with E-state index in [1.165, 1.54) is 24.3 Å². The van der Waals surface area contributed by atoms with Crippen LogP contribution in [0.5, 0.6) is 0 Å². The number of hydrogen-bond donors (Lipinski definition) is 3. The molecule has 0 atom stereocenters. The lowest BCUT2D eigenvalue weighted by atomic mass is 10.1. The summed E-state index contributed by atoms with van der Waals surface area (Å²) in [5.41, 5.74) is 7.82. The van der Waals surface area contributed by atoms with Crippen LogP contribution in [-0.2, 0) is 6.54 Å². The van der Waals surface area contributed by atoms with Crippen molar-refractivity contribution in [3.8, 4) is 0 Å². The maximum atomic E-state index is 12.7. The molecule has 0 unspecified atom stereocenters. The normalized spacial score (nSPS) is 10.2. The second kappa shape index (κ2) is 5.39. The number of nitrogens with two attached hydrogens (primary N) is 1. The zero-order chi connectivity index (χ0) is 13.8. The highest BCUT2D eigenvalue weighted by molar-refractivity contribution is 5.90. The number of rotatable bonds is 4. The Kier molecular flexibility index (Phi) is 3.66. The number of nitrogens with one attached hydrogen (secondary N) is 1. The summed E-state index contributed by atoms with van der Waals surface area (Å²) in [6.07, 6.45) is 0. The molecule has 5 heteroatoms. The number of anilines is 2. The summed E-state index contributed by atoms with van der Waals surface area (Å²) < 4.78 is 12.7. The smallest absolute Gasteiger partial charge is 0.335 e. The monoisotopic (exact) mass is 260 g/mol. The van der Waals surface area contributed by atoms with Crippen molar-refractivity contribution in [2.24, 2.45) is 0 Å². The number of nitrogen functional groups attached to an aromatic ring is 1. The van der Waals surface area contributed by atoms with Gasteiger partial charge in [-0.3, -0.25) is 0 Å². The van der Waals surface area contributed by atoms with Gasteiger partial charge in [0.15, 0.2) is 0 Å². The van der Waals surface area contributed by atoms with Crippen molar-refractivity contribution >= 4 is 17.3 Å². The van der Waals surface area contributed by atoms with Crippen molar-refractivity contribution in [2.75, 3.05) is 11.1 Å². The first kappa shape index (κ1) is 12.9. The number of carboxylic acids is 1. The molecule has 0 radical (unpaired) electrons. The molecule has 0 aliphatic heterocycles. The molecule has 0 fully saturated rings. The van der Waals surface area contributed by atoms with Crippen molar-refractivity contribution in [3.05, 3.63) is 59.4 Å². The second-order valence-corrected chi connectivity index (χ2v) is 4.09. The first-order valence-corrected chi connectivity index (χ1v) is 5.67. The van der Waals surface area contributed by atoms with Crippen LogP contribution in [0.25, 0.3) is 0 Å². The van der Waals surface area contributed by atoms with Gasteiger partial charge in [0, 0.05) is 6.54 Å². The fourth-order valence-corrected chi connectivity index (χ4v) is 1.66. The van der Waals surface area contributed by atoms with Crippen LogP contribution in [0.3, 0.4) is 0 Å². The van der Waals surface area contributed by atoms with Gasteiger partial charge in [0.1, 0.15) is 5.82 Å². The molecule has 98 valence electrons. The summed E-state index contributed by atoms with van der Waals surface area (Å²) in [6, 6.07) is 10.6. The van der Waals surface area contributed by atoms with Crippen LogP contribution in [-0.4, -0.2) is 11.1 Å². The molecule has 19 heavy (non-hydrogen) atoms. The summed E-state index contributed by atoms with van der Waals surface area (Å²) in [5.74, 6) is -1.30. The van der Waals surface area contributed by atoms with Crippen molar-refractivity contribution in [1.82, 2.24) is 0 Å². The van der Waals surface area contributed by atoms with E-state index in [0.717, 1.165) is 5.56 Å². The van der Waals surface area contributed by atoms with Gasteiger partial charge in [0.25, 0.3) is 0 Å². The molecule has 0 spiro atoms. The van der Waals surface area contributed by atoms with E-state index < -0.39 is 5.97 Å². The molecular weight excluding hydrogens is 247 g/mol. The molecular formula is C14H13FN2O2. The Balaban J connectivity index is 2.07. The number of hydrogen-bond acceptors (Lipinski definition) is 3. The van der Waals surface area contributed by atoms with Gasteiger partial charge in [0.05, 0.1) is 16.9 Å². The average molecular weight is 260 g/mol. The molecule has 0 saturated carbocycles. The summed E-state index contributed by atoms with van der Waals surface area (Å²) in [7, 11) is 0. The summed E-state index contributed by atoms with van der Waals surface area (Å²) in [4.78, 5) is 10.8. The minimum Gasteiger partial charge on any atom is -0.478 e. The van der Waals surface area contributed by atoms with Crippen molar-refractivity contribution in [2.45, 2.75) is 6.54 Å². The first-order valence-electron chi connectivity index (χ1n) is 5.67. The lowest BCUT2D eigenvalue weighted by Gasteiger charge is -2.10. The molecule has 0 heterocycles. The Labute approximate surface area is 109 Å². The van der Waals surface area contributed by atoms with Gasteiger partial charge >= 0.3 is 5.97 Å². The van der Waals surface area contributed by atoms with Crippen LogP contribution in [0.2, 0.25) is 0 Å². The summed E-state index contributed by atoms with van der Waals surface area (Å²) >= 11 is 0.